The second-order valence-corrected chi connectivity index (χ2v) is 7.15. The molecule has 0 aliphatic carbocycles. The Hall–Kier alpha value is -3.05. The maximum absolute atomic E-state index is 12.0. The molecule has 2 aromatic carbocycles. The van der Waals surface area contributed by atoms with Crippen molar-refractivity contribution in [3.05, 3.63) is 60.2 Å². The lowest BCUT2D eigenvalue weighted by atomic mass is 10.2. The molecule has 0 radical (unpaired) electrons. The van der Waals surface area contributed by atoms with Gasteiger partial charge in [-0.3, -0.25) is 4.31 Å². The molecule has 0 bridgehead atoms. The molecule has 2 rings (SSSR count). The Balaban J connectivity index is 1.99. The third-order valence-electron chi connectivity index (χ3n) is 3.30. The lowest BCUT2D eigenvalue weighted by Gasteiger charge is -2.22. The maximum Gasteiger partial charge on any atom is 0.319 e. The molecule has 2 amide bonds. The number of anilines is 2. The zero-order chi connectivity index (χ0) is 18.3. The van der Waals surface area contributed by atoms with E-state index in [1.165, 1.54) is 6.07 Å². The van der Waals surface area contributed by atoms with Gasteiger partial charge in [0.25, 0.3) is 0 Å². The number of benzene rings is 2. The Morgan fingerprint density at radius 1 is 1.16 bits per heavy atom. The quantitative estimate of drug-likeness (QED) is 0.826. The summed E-state index contributed by atoms with van der Waals surface area (Å²) in [6.07, 6.45) is 1.08. The van der Waals surface area contributed by atoms with Gasteiger partial charge in [0.15, 0.2) is 0 Å². The monoisotopic (exact) mass is 358 g/mol. The van der Waals surface area contributed by atoms with Gasteiger partial charge in [-0.25, -0.2) is 13.2 Å². The van der Waals surface area contributed by atoms with Crippen molar-refractivity contribution in [2.45, 2.75) is 0 Å². The van der Waals surface area contributed by atoms with Crippen LogP contribution < -0.4 is 14.9 Å². The van der Waals surface area contributed by atoms with Crippen molar-refractivity contribution in [1.82, 2.24) is 5.32 Å². The van der Waals surface area contributed by atoms with Crippen LogP contribution in [0.5, 0.6) is 0 Å². The molecule has 25 heavy (non-hydrogen) atoms. The molecule has 0 atom stereocenters. The van der Waals surface area contributed by atoms with Crippen LogP contribution in [0.3, 0.4) is 0 Å². The third-order valence-corrected chi connectivity index (χ3v) is 4.49. The van der Waals surface area contributed by atoms with E-state index in [0.717, 1.165) is 10.6 Å². The summed E-state index contributed by atoms with van der Waals surface area (Å²) in [5, 5.41) is 14.2. The summed E-state index contributed by atoms with van der Waals surface area (Å²) < 4.78 is 25.2. The highest BCUT2D eigenvalue weighted by atomic mass is 32.2. The Bertz CT molecular complexity index is 876. The summed E-state index contributed by atoms with van der Waals surface area (Å²) in [7, 11) is -3.55. The lowest BCUT2D eigenvalue weighted by Crippen LogP contribution is -2.39. The summed E-state index contributed by atoms with van der Waals surface area (Å²) in [6.45, 7) is 0.165. The molecule has 0 unspecified atom stereocenters. The number of sulfonamides is 1. The van der Waals surface area contributed by atoms with Gasteiger partial charge in [0.2, 0.25) is 10.0 Å². The van der Waals surface area contributed by atoms with Crippen molar-refractivity contribution in [3.63, 3.8) is 0 Å². The highest BCUT2D eigenvalue weighted by Crippen LogP contribution is 2.18. The van der Waals surface area contributed by atoms with Crippen LogP contribution in [-0.4, -0.2) is 33.8 Å². The third kappa shape index (κ3) is 5.51. The van der Waals surface area contributed by atoms with Crippen molar-refractivity contribution in [1.29, 1.82) is 5.26 Å². The zero-order valence-electron chi connectivity index (χ0n) is 13.6. The van der Waals surface area contributed by atoms with E-state index >= 15 is 0 Å². The van der Waals surface area contributed by atoms with Gasteiger partial charge in [0.05, 0.1) is 30.1 Å². The number of carbonyl (C=O) groups excluding carboxylic acids is 1. The normalized spacial score (nSPS) is 10.6. The molecule has 0 heterocycles. The van der Waals surface area contributed by atoms with Crippen LogP contribution in [0.1, 0.15) is 5.56 Å². The predicted octanol–water partition coefficient (Wildman–Crippen LogP) is 2.15. The first-order valence-electron chi connectivity index (χ1n) is 7.48. The second kappa shape index (κ2) is 8.17. The Kier molecular flexibility index (Phi) is 5.98. The molecular formula is C17H18N4O3S. The van der Waals surface area contributed by atoms with E-state index in [1.54, 1.807) is 42.5 Å². The minimum Gasteiger partial charge on any atom is -0.336 e. The van der Waals surface area contributed by atoms with Crippen LogP contribution in [0.15, 0.2) is 54.6 Å². The number of para-hydroxylation sites is 1. The topological polar surface area (TPSA) is 102 Å². The predicted molar refractivity (Wildman–Crippen MR) is 96.8 cm³/mol. The van der Waals surface area contributed by atoms with E-state index in [1.807, 2.05) is 12.1 Å². The van der Waals surface area contributed by atoms with E-state index in [9.17, 15) is 13.2 Å². The fourth-order valence-electron chi connectivity index (χ4n) is 2.18. The van der Waals surface area contributed by atoms with Crippen LogP contribution in [-0.2, 0) is 10.0 Å². The number of hydrogen-bond donors (Lipinski definition) is 2. The smallest absolute Gasteiger partial charge is 0.319 e. The zero-order valence-corrected chi connectivity index (χ0v) is 14.5. The summed E-state index contributed by atoms with van der Waals surface area (Å²) in [5.41, 5.74) is 1.38. The molecule has 130 valence electrons. The summed E-state index contributed by atoms with van der Waals surface area (Å²) >= 11 is 0. The number of hydrogen-bond acceptors (Lipinski definition) is 4. The van der Waals surface area contributed by atoms with E-state index in [4.69, 9.17) is 5.26 Å². The van der Waals surface area contributed by atoms with E-state index in [2.05, 4.69) is 10.6 Å². The summed E-state index contributed by atoms with van der Waals surface area (Å²) in [5.74, 6) is 0. The molecule has 0 saturated heterocycles. The Morgan fingerprint density at radius 2 is 1.88 bits per heavy atom. The molecule has 0 aromatic heterocycles. The number of amides is 2. The van der Waals surface area contributed by atoms with Gasteiger partial charge in [-0.1, -0.05) is 24.3 Å². The van der Waals surface area contributed by atoms with Gasteiger partial charge in [0.1, 0.15) is 0 Å². The molecular weight excluding hydrogens is 340 g/mol. The van der Waals surface area contributed by atoms with Crippen LogP contribution >= 0.6 is 0 Å². The molecule has 2 aromatic rings. The molecule has 7 nitrogen and oxygen atoms in total. The van der Waals surface area contributed by atoms with E-state index < -0.39 is 16.1 Å². The molecule has 0 spiro atoms. The number of nitriles is 1. The van der Waals surface area contributed by atoms with Crippen molar-refractivity contribution in [2.24, 2.45) is 0 Å². The number of nitrogens with zero attached hydrogens (tertiary/aromatic N) is 2. The highest BCUT2D eigenvalue weighted by Gasteiger charge is 2.17. The molecule has 2 N–H and O–H groups in total. The Morgan fingerprint density at radius 3 is 2.52 bits per heavy atom. The molecule has 0 aliphatic heterocycles. The molecule has 8 heteroatoms. The van der Waals surface area contributed by atoms with Gasteiger partial charge in [-0.15, -0.1) is 0 Å². The molecule has 0 fully saturated rings. The standard InChI is InChI=1S/C17H18N4O3S/c1-25(23,24)21(16-9-5-6-14(12-16)13-18)11-10-19-17(22)20-15-7-3-2-4-8-15/h2-9,12H,10-11H2,1H3,(H2,19,20,22). The number of rotatable bonds is 6. The first-order valence-corrected chi connectivity index (χ1v) is 9.33. The van der Waals surface area contributed by atoms with Gasteiger partial charge < -0.3 is 10.6 Å². The number of nitrogens with one attached hydrogen (secondary N) is 2. The SMILES string of the molecule is CS(=O)(=O)N(CCNC(=O)Nc1ccccc1)c1cccc(C#N)c1. The van der Waals surface area contributed by atoms with Crippen LogP contribution in [0.2, 0.25) is 0 Å². The van der Waals surface area contributed by atoms with Gasteiger partial charge in [-0.2, -0.15) is 5.26 Å². The average Bonchev–Trinajstić information content (AvgIpc) is 2.58. The van der Waals surface area contributed by atoms with Crippen LogP contribution in [0, 0.1) is 11.3 Å². The molecule has 0 aliphatic rings. The largest absolute Gasteiger partial charge is 0.336 e. The van der Waals surface area contributed by atoms with Gasteiger partial charge >= 0.3 is 6.03 Å². The van der Waals surface area contributed by atoms with Crippen molar-refractivity contribution in [3.8, 4) is 6.07 Å². The minimum atomic E-state index is -3.55. The van der Waals surface area contributed by atoms with Crippen molar-refractivity contribution < 1.29 is 13.2 Å². The van der Waals surface area contributed by atoms with E-state index in [-0.39, 0.29) is 13.1 Å². The first-order chi connectivity index (χ1) is 11.9. The minimum absolute atomic E-state index is 0.0515. The highest BCUT2D eigenvalue weighted by molar-refractivity contribution is 7.92. The summed E-state index contributed by atoms with van der Waals surface area (Å²) in [6, 6.07) is 16.8. The van der Waals surface area contributed by atoms with Crippen molar-refractivity contribution in [2.75, 3.05) is 29.0 Å². The lowest BCUT2D eigenvalue weighted by molar-refractivity contribution is 0.252. The van der Waals surface area contributed by atoms with Gasteiger partial charge in [-0.05, 0) is 30.3 Å². The number of carbonyl (C=O) groups is 1. The fraction of sp³-hybridized carbons (Fsp3) is 0.176. The van der Waals surface area contributed by atoms with E-state index in [0.29, 0.717) is 16.9 Å². The Labute approximate surface area is 146 Å². The molecule has 0 saturated carbocycles. The number of urea groups is 1. The maximum atomic E-state index is 12.0. The second-order valence-electron chi connectivity index (χ2n) is 5.24. The first kappa shape index (κ1) is 18.3. The summed E-state index contributed by atoms with van der Waals surface area (Å²) in [4.78, 5) is 11.8. The van der Waals surface area contributed by atoms with Crippen molar-refractivity contribution >= 4 is 27.4 Å². The van der Waals surface area contributed by atoms with Gasteiger partial charge in [0, 0.05) is 12.2 Å². The van der Waals surface area contributed by atoms with Crippen LogP contribution in [0.4, 0.5) is 16.2 Å². The fourth-order valence-corrected chi connectivity index (χ4v) is 3.10. The average molecular weight is 358 g/mol. The van der Waals surface area contributed by atoms with Crippen LogP contribution in [0.25, 0.3) is 0 Å².